The van der Waals surface area contributed by atoms with Crippen molar-refractivity contribution in [2.24, 2.45) is 5.84 Å². The summed E-state index contributed by atoms with van der Waals surface area (Å²) >= 11 is 0. The number of halogens is 2. The molecular formula is C16H18F2N2. The molecule has 2 nitrogen and oxygen atoms in total. The lowest BCUT2D eigenvalue weighted by molar-refractivity contribution is 0.565. The second-order valence-corrected chi connectivity index (χ2v) is 5.10. The number of hydrogen-bond acceptors (Lipinski definition) is 2. The fraction of sp³-hybridized carbons (Fsp3) is 0.250. The van der Waals surface area contributed by atoms with Crippen LogP contribution in [0.3, 0.4) is 0 Å². The van der Waals surface area contributed by atoms with E-state index in [1.165, 1.54) is 17.7 Å². The summed E-state index contributed by atoms with van der Waals surface area (Å²) in [4.78, 5) is 0. The minimum Gasteiger partial charge on any atom is -0.271 e. The van der Waals surface area contributed by atoms with E-state index in [9.17, 15) is 8.78 Å². The van der Waals surface area contributed by atoms with E-state index in [0.717, 1.165) is 22.8 Å². The summed E-state index contributed by atoms with van der Waals surface area (Å²) in [6, 6.07) is 7.04. The third kappa shape index (κ3) is 2.86. The van der Waals surface area contributed by atoms with E-state index in [-0.39, 0.29) is 0 Å². The zero-order chi connectivity index (χ0) is 14.9. The number of hydrogen-bond donors (Lipinski definition) is 2. The van der Waals surface area contributed by atoms with Crippen LogP contribution in [0.1, 0.15) is 33.9 Å². The zero-order valence-corrected chi connectivity index (χ0v) is 11.8. The quantitative estimate of drug-likeness (QED) is 0.665. The fourth-order valence-electron chi connectivity index (χ4n) is 2.40. The highest BCUT2D eigenvalue weighted by Crippen LogP contribution is 2.27. The van der Waals surface area contributed by atoms with Gasteiger partial charge in [0.05, 0.1) is 6.04 Å². The van der Waals surface area contributed by atoms with Gasteiger partial charge in [0.2, 0.25) is 0 Å². The molecule has 0 heterocycles. The van der Waals surface area contributed by atoms with Crippen LogP contribution in [-0.4, -0.2) is 0 Å². The summed E-state index contributed by atoms with van der Waals surface area (Å²) in [5, 5.41) is 0. The van der Waals surface area contributed by atoms with Gasteiger partial charge in [-0.1, -0.05) is 12.1 Å². The number of hydrazine groups is 1. The maximum Gasteiger partial charge on any atom is 0.126 e. The van der Waals surface area contributed by atoms with E-state index in [0.29, 0.717) is 5.56 Å². The lowest BCUT2D eigenvalue weighted by Gasteiger charge is -2.20. The first kappa shape index (κ1) is 14.6. The predicted octanol–water partition coefficient (Wildman–Crippen LogP) is 3.44. The van der Waals surface area contributed by atoms with Gasteiger partial charge in [-0.15, -0.1) is 0 Å². The number of nitrogens with two attached hydrogens (primary N) is 1. The van der Waals surface area contributed by atoms with Gasteiger partial charge in [0, 0.05) is 6.07 Å². The third-order valence-corrected chi connectivity index (χ3v) is 3.58. The van der Waals surface area contributed by atoms with Crippen molar-refractivity contribution in [3.63, 3.8) is 0 Å². The standard InChI is InChI=1S/C16H18F2N2/c1-9-4-11(3)15(5-10(9)2)16(20-19)12-6-13(17)8-14(18)7-12/h4-8,16,20H,19H2,1-3H3. The molecule has 0 fully saturated rings. The normalized spacial score (nSPS) is 12.5. The summed E-state index contributed by atoms with van der Waals surface area (Å²) in [5.41, 5.74) is 7.34. The van der Waals surface area contributed by atoms with E-state index in [2.05, 4.69) is 5.43 Å². The average molecular weight is 276 g/mol. The molecule has 2 aromatic rings. The Balaban J connectivity index is 2.55. The second-order valence-electron chi connectivity index (χ2n) is 5.10. The molecule has 0 aromatic heterocycles. The number of rotatable bonds is 3. The number of nitrogens with one attached hydrogen (secondary N) is 1. The van der Waals surface area contributed by atoms with Gasteiger partial charge in [-0.25, -0.2) is 14.2 Å². The van der Waals surface area contributed by atoms with Crippen LogP contribution in [0.4, 0.5) is 8.78 Å². The van der Waals surface area contributed by atoms with Gasteiger partial charge >= 0.3 is 0 Å². The molecule has 0 aliphatic carbocycles. The smallest absolute Gasteiger partial charge is 0.126 e. The summed E-state index contributed by atoms with van der Waals surface area (Å²) in [6.07, 6.45) is 0. The number of aryl methyl sites for hydroxylation is 3. The Hall–Kier alpha value is -1.78. The van der Waals surface area contributed by atoms with Gasteiger partial charge in [0.25, 0.3) is 0 Å². The molecule has 0 aliphatic rings. The monoisotopic (exact) mass is 276 g/mol. The molecule has 2 rings (SSSR count). The highest BCUT2D eigenvalue weighted by Gasteiger charge is 2.17. The maximum absolute atomic E-state index is 13.4. The lowest BCUT2D eigenvalue weighted by atomic mass is 9.92. The van der Waals surface area contributed by atoms with Crippen molar-refractivity contribution in [3.05, 3.63) is 69.8 Å². The maximum atomic E-state index is 13.4. The molecule has 0 radical (unpaired) electrons. The van der Waals surface area contributed by atoms with Crippen LogP contribution < -0.4 is 11.3 Å². The molecule has 106 valence electrons. The minimum absolute atomic E-state index is 0.445. The molecule has 0 amide bonds. The molecule has 0 saturated heterocycles. The SMILES string of the molecule is Cc1cc(C)c(C(NN)c2cc(F)cc(F)c2)cc1C. The Kier molecular flexibility index (Phi) is 4.16. The van der Waals surface area contributed by atoms with Gasteiger partial charge in [-0.05, 0) is 60.7 Å². The molecule has 1 unspecified atom stereocenters. The minimum atomic E-state index is -0.610. The first-order chi connectivity index (χ1) is 9.42. The van der Waals surface area contributed by atoms with Gasteiger partial charge in [0.15, 0.2) is 0 Å². The first-order valence-electron chi connectivity index (χ1n) is 6.42. The summed E-state index contributed by atoms with van der Waals surface area (Å²) in [7, 11) is 0. The van der Waals surface area contributed by atoms with Crippen LogP contribution in [0.15, 0.2) is 30.3 Å². The Morgan fingerprint density at radius 2 is 1.40 bits per heavy atom. The van der Waals surface area contributed by atoms with Gasteiger partial charge in [0.1, 0.15) is 11.6 Å². The highest BCUT2D eigenvalue weighted by atomic mass is 19.1. The molecule has 0 aliphatic heterocycles. The summed E-state index contributed by atoms with van der Waals surface area (Å²) in [6.45, 7) is 5.98. The zero-order valence-electron chi connectivity index (χ0n) is 11.8. The number of benzene rings is 2. The van der Waals surface area contributed by atoms with E-state index in [4.69, 9.17) is 5.84 Å². The van der Waals surface area contributed by atoms with Crippen LogP contribution in [0.2, 0.25) is 0 Å². The molecular weight excluding hydrogens is 258 g/mol. The summed E-state index contributed by atoms with van der Waals surface area (Å²) in [5.74, 6) is 4.38. The van der Waals surface area contributed by atoms with Crippen LogP contribution in [0.25, 0.3) is 0 Å². The van der Waals surface area contributed by atoms with Crippen molar-refractivity contribution >= 4 is 0 Å². The van der Waals surface area contributed by atoms with Gasteiger partial charge in [-0.3, -0.25) is 5.84 Å². The van der Waals surface area contributed by atoms with E-state index < -0.39 is 17.7 Å². The Labute approximate surface area is 117 Å². The summed E-state index contributed by atoms with van der Waals surface area (Å²) < 4.78 is 26.8. The van der Waals surface area contributed by atoms with E-state index >= 15 is 0 Å². The van der Waals surface area contributed by atoms with E-state index in [1.54, 1.807) is 0 Å². The van der Waals surface area contributed by atoms with Gasteiger partial charge < -0.3 is 0 Å². The van der Waals surface area contributed by atoms with Crippen molar-refractivity contribution in [1.82, 2.24) is 5.43 Å². The topological polar surface area (TPSA) is 38.0 Å². The van der Waals surface area contributed by atoms with Gasteiger partial charge in [-0.2, -0.15) is 0 Å². The average Bonchev–Trinajstić information content (AvgIpc) is 2.35. The lowest BCUT2D eigenvalue weighted by Crippen LogP contribution is -2.29. The molecule has 2 aromatic carbocycles. The Morgan fingerprint density at radius 1 is 0.850 bits per heavy atom. The second kappa shape index (κ2) is 5.69. The van der Waals surface area contributed by atoms with Crippen molar-refractivity contribution < 1.29 is 8.78 Å². The Morgan fingerprint density at radius 3 is 1.95 bits per heavy atom. The highest BCUT2D eigenvalue weighted by molar-refractivity contribution is 5.42. The Bertz CT molecular complexity index is 618. The molecule has 4 heteroatoms. The van der Waals surface area contributed by atoms with Crippen molar-refractivity contribution in [3.8, 4) is 0 Å². The molecule has 0 saturated carbocycles. The van der Waals surface area contributed by atoms with Crippen molar-refractivity contribution in [2.75, 3.05) is 0 Å². The molecule has 20 heavy (non-hydrogen) atoms. The van der Waals surface area contributed by atoms with E-state index in [1.807, 2.05) is 32.9 Å². The van der Waals surface area contributed by atoms with Crippen LogP contribution in [-0.2, 0) is 0 Å². The molecule has 1 atom stereocenters. The molecule has 3 N–H and O–H groups in total. The van der Waals surface area contributed by atoms with Crippen molar-refractivity contribution in [1.29, 1.82) is 0 Å². The fourth-order valence-corrected chi connectivity index (χ4v) is 2.40. The predicted molar refractivity (Wildman–Crippen MR) is 76.2 cm³/mol. The largest absolute Gasteiger partial charge is 0.271 e. The van der Waals surface area contributed by atoms with Crippen LogP contribution >= 0.6 is 0 Å². The molecule has 0 bridgehead atoms. The molecule has 0 spiro atoms. The van der Waals surface area contributed by atoms with Crippen LogP contribution in [0.5, 0.6) is 0 Å². The van der Waals surface area contributed by atoms with Crippen LogP contribution in [0, 0.1) is 32.4 Å². The first-order valence-corrected chi connectivity index (χ1v) is 6.42. The third-order valence-electron chi connectivity index (χ3n) is 3.58. The van der Waals surface area contributed by atoms with Crippen molar-refractivity contribution in [2.45, 2.75) is 26.8 Å².